The quantitative estimate of drug-likeness (QED) is 0.183. The average molecular weight is 640 g/mol. The Hall–Kier alpha value is -4.96. The summed E-state index contributed by atoms with van der Waals surface area (Å²) in [5, 5.41) is 1.91. The highest BCUT2D eigenvalue weighted by atomic mass is 32.2. The molecule has 9 nitrogen and oxygen atoms in total. The Morgan fingerprint density at radius 2 is 1.67 bits per heavy atom. The number of benzene rings is 4. The van der Waals surface area contributed by atoms with E-state index in [0.717, 1.165) is 16.7 Å². The Labute approximate surface area is 273 Å². The van der Waals surface area contributed by atoms with Gasteiger partial charge in [0.2, 0.25) is 17.7 Å². The zero-order chi connectivity index (χ0) is 32.5. The first kappa shape index (κ1) is 32.4. The average Bonchev–Trinajstić information content (AvgIpc) is 3.39. The van der Waals surface area contributed by atoms with Gasteiger partial charge in [0.25, 0.3) is 0 Å². The standard InChI is InChI=1S/C36H37N3O6S/c1-3-44-31-20-24(12-17-30(31)43-2)18-19-38-33(40)22-32-35(42)39(28-11-7-10-27(21-28)34(37)41)36(46-32)26-13-15-29(16-14-26)45-23-25-8-5-4-6-9-25/h4-17,20-21,32,36H,3,18-19,22-23H2,1-2H3,(H2,37,41)(H,38,40)/t32-,36+/m1/s1. The van der Waals surface area contributed by atoms with Crippen LogP contribution in [-0.4, -0.2) is 43.2 Å². The molecule has 0 aliphatic carbocycles. The van der Waals surface area contributed by atoms with Crippen LogP contribution in [0.5, 0.6) is 17.2 Å². The fourth-order valence-electron chi connectivity index (χ4n) is 5.18. The second-order valence-electron chi connectivity index (χ2n) is 10.7. The van der Waals surface area contributed by atoms with E-state index in [-0.39, 0.29) is 18.2 Å². The summed E-state index contributed by atoms with van der Waals surface area (Å²) >= 11 is 1.40. The summed E-state index contributed by atoms with van der Waals surface area (Å²) in [6.07, 6.45) is 0.603. The lowest BCUT2D eigenvalue weighted by molar-refractivity contribution is -0.124. The highest BCUT2D eigenvalue weighted by molar-refractivity contribution is 8.01. The molecule has 1 fully saturated rings. The number of rotatable bonds is 14. The lowest BCUT2D eigenvalue weighted by Gasteiger charge is -2.25. The van der Waals surface area contributed by atoms with Gasteiger partial charge in [-0.15, -0.1) is 11.8 Å². The summed E-state index contributed by atoms with van der Waals surface area (Å²) in [6.45, 7) is 3.26. The van der Waals surface area contributed by atoms with E-state index in [1.807, 2.05) is 79.7 Å². The van der Waals surface area contributed by atoms with Gasteiger partial charge in [-0.2, -0.15) is 0 Å². The maximum absolute atomic E-state index is 13.8. The number of nitrogens with one attached hydrogen (secondary N) is 1. The zero-order valence-corrected chi connectivity index (χ0v) is 26.6. The minimum Gasteiger partial charge on any atom is -0.493 e. The van der Waals surface area contributed by atoms with Gasteiger partial charge in [0.05, 0.1) is 19.0 Å². The number of ether oxygens (including phenoxy) is 3. The van der Waals surface area contributed by atoms with E-state index >= 15 is 0 Å². The third-order valence-electron chi connectivity index (χ3n) is 7.50. The van der Waals surface area contributed by atoms with Crippen molar-refractivity contribution in [3.8, 4) is 17.2 Å². The van der Waals surface area contributed by atoms with Crippen molar-refractivity contribution < 1.29 is 28.6 Å². The first-order valence-electron chi connectivity index (χ1n) is 15.1. The zero-order valence-electron chi connectivity index (χ0n) is 25.8. The summed E-state index contributed by atoms with van der Waals surface area (Å²) in [4.78, 5) is 40.5. The Morgan fingerprint density at radius 3 is 2.39 bits per heavy atom. The first-order chi connectivity index (χ1) is 22.4. The van der Waals surface area contributed by atoms with Crippen LogP contribution in [-0.2, 0) is 22.6 Å². The van der Waals surface area contributed by atoms with E-state index in [1.165, 1.54) is 11.8 Å². The van der Waals surface area contributed by atoms with Gasteiger partial charge >= 0.3 is 0 Å². The number of thioether (sulfide) groups is 1. The summed E-state index contributed by atoms with van der Waals surface area (Å²) < 4.78 is 17.0. The largest absolute Gasteiger partial charge is 0.493 e. The van der Waals surface area contributed by atoms with Crippen LogP contribution in [0.1, 0.15) is 45.8 Å². The summed E-state index contributed by atoms with van der Waals surface area (Å²) in [5.74, 6) is 0.989. The molecule has 0 unspecified atom stereocenters. The maximum Gasteiger partial charge on any atom is 0.248 e. The molecular formula is C36H37N3O6S. The van der Waals surface area contributed by atoms with E-state index in [0.29, 0.717) is 54.7 Å². The fraction of sp³-hybridized carbons (Fsp3) is 0.250. The van der Waals surface area contributed by atoms with E-state index in [2.05, 4.69) is 5.32 Å². The molecular weight excluding hydrogens is 602 g/mol. The van der Waals surface area contributed by atoms with Crippen molar-refractivity contribution in [2.45, 2.75) is 37.0 Å². The predicted molar refractivity (Wildman–Crippen MR) is 179 cm³/mol. The predicted octanol–water partition coefficient (Wildman–Crippen LogP) is 5.67. The molecule has 0 spiro atoms. The van der Waals surface area contributed by atoms with Crippen molar-refractivity contribution in [2.24, 2.45) is 5.73 Å². The Morgan fingerprint density at radius 1 is 0.891 bits per heavy atom. The van der Waals surface area contributed by atoms with Crippen LogP contribution in [0, 0.1) is 0 Å². The van der Waals surface area contributed by atoms with Crippen molar-refractivity contribution in [3.05, 3.63) is 119 Å². The molecule has 1 saturated heterocycles. The monoisotopic (exact) mass is 639 g/mol. The number of hydrogen-bond acceptors (Lipinski definition) is 7. The summed E-state index contributed by atoms with van der Waals surface area (Å²) in [5.41, 5.74) is 9.29. The number of amides is 3. The number of primary amides is 1. The van der Waals surface area contributed by atoms with E-state index in [4.69, 9.17) is 19.9 Å². The molecule has 4 aromatic carbocycles. The molecule has 10 heteroatoms. The molecule has 238 valence electrons. The third kappa shape index (κ3) is 8.00. The molecule has 1 heterocycles. The van der Waals surface area contributed by atoms with Crippen molar-refractivity contribution in [1.29, 1.82) is 0 Å². The summed E-state index contributed by atoms with van der Waals surface area (Å²) in [7, 11) is 1.59. The number of carbonyl (C=O) groups excluding carboxylic acids is 3. The van der Waals surface area contributed by atoms with Crippen molar-refractivity contribution in [2.75, 3.05) is 25.2 Å². The first-order valence-corrected chi connectivity index (χ1v) is 16.0. The smallest absolute Gasteiger partial charge is 0.248 e. The topological polar surface area (TPSA) is 120 Å². The van der Waals surface area contributed by atoms with E-state index < -0.39 is 16.5 Å². The Balaban J connectivity index is 1.27. The minimum absolute atomic E-state index is 0.0110. The summed E-state index contributed by atoms with van der Waals surface area (Å²) in [6, 6.07) is 29.9. The van der Waals surface area contributed by atoms with Gasteiger partial charge in [0.15, 0.2) is 11.5 Å². The van der Waals surface area contributed by atoms with Crippen LogP contribution in [0.2, 0.25) is 0 Å². The van der Waals surface area contributed by atoms with Crippen LogP contribution in [0.15, 0.2) is 97.1 Å². The molecule has 0 aromatic heterocycles. The second kappa shape index (κ2) is 15.4. The number of hydrogen-bond donors (Lipinski definition) is 2. The van der Waals surface area contributed by atoms with Crippen LogP contribution < -0.4 is 30.2 Å². The van der Waals surface area contributed by atoms with Crippen molar-refractivity contribution in [3.63, 3.8) is 0 Å². The van der Waals surface area contributed by atoms with Crippen LogP contribution in [0.3, 0.4) is 0 Å². The SMILES string of the molecule is CCOc1cc(CCNC(=O)C[C@H]2S[C@@H](c3ccc(OCc4ccccc4)cc3)N(c3cccc(C(N)=O)c3)C2=O)ccc1OC. The molecule has 1 aliphatic heterocycles. The van der Waals surface area contributed by atoms with Gasteiger partial charge < -0.3 is 25.3 Å². The molecule has 0 bridgehead atoms. The molecule has 5 rings (SSSR count). The van der Waals surface area contributed by atoms with Crippen LogP contribution in [0.25, 0.3) is 0 Å². The highest BCUT2D eigenvalue weighted by Crippen LogP contribution is 2.47. The number of carbonyl (C=O) groups is 3. The molecule has 0 radical (unpaired) electrons. The molecule has 1 aliphatic rings. The Kier molecular flexibility index (Phi) is 10.8. The van der Waals surface area contributed by atoms with Gasteiger partial charge in [-0.1, -0.05) is 54.6 Å². The fourth-order valence-corrected chi connectivity index (χ4v) is 6.63. The molecule has 4 aromatic rings. The molecule has 2 atom stereocenters. The second-order valence-corrected chi connectivity index (χ2v) is 12.0. The van der Waals surface area contributed by atoms with E-state index in [9.17, 15) is 14.4 Å². The molecule has 0 saturated carbocycles. The lowest BCUT2D eigenvalue weighted by Crippen LogP contribution is -2.34. The minimum atomic E-state index is -0.623. The number of nitrogens with two attached hydrogens (primary N) is 1. The van der Waals surface area contributed by atoms with Gasteiger partial charge in [-0.3, -0.25) is 19.3 Å². The Bertz CT molecular complexity index is 1660. The van der Waals surface area contributed by atoms with Gasteiger partial charge in [0.1, 0.15) is 17.7 Å². The van der Waals surface area contributed by atoms with Crippen LogP contribution in [0.4, 0.5) is 5.69 Å². The molecule has 3 N–H and O–H groups in total. The normalized spacial score (nSPS) is 15.8. The maximum atomic E-state index is 13.8. The van der Waals surface area contributed by atoms with Crippen LogP contribution >= 0.6 is 11.8 Å². The van der Waals surface area contributed by atoms with Gasteiger partial charge in [-0.05, 0) is 72.5 Å². The van der Waals surface area contributed by atoms with Gasteiger partial charge in [-0.25, -0.2) is 0 Å². The number of nitrogens with zero attached hydrogens (tertiary/aromatic N) is 1. The van der Waals surface area contributed by atoms with Crippen molar-refractivity contribution in [1.82, 2.24) is 5.32 Å². The molecule has 3 amide bonds. The number of anilines is 1. The van der Waals surface area contributed by atoms with Gasteiger partial charge in [0, 0.05) is 24.2 Å². The highest BCUT2D eigenvalue weighted by Gasteiger charge is 2.43. The molecule has 46 heavy (non-hydrogen) atoms. The lowest BCUT2D eigenvalue weighted by atomic mass is 10.1. The number of methoxy groups -OCH3 is 1. The van der Waals surface area contributed by atoms with Crippen molar-refractivity contribution >= 4 is 35.2 Å². The third-order valence-corrected chi connectivity index (χ3v) is 8.94. The van der Waals surface area contributed by atoms with E-state index in [1.54, 1.807) is 36.3 Å².